The van der Waals surface area contributed by atoms with Crippen LogP contribution in [0.1, 0.15) is 43.6 Å². The molecule has 0 unspecified atom stereocenters. The molecular weight excluding hydrogens is 228 g/mol. The Kier molecular flexibility index (Phi) is 3.32. The first-order chi connectivity index (χ1) is 8.54. The number of hydrogen-bond acceptors (Lipinski definition) is 5. The highest BCUT2D eigenvalue weighted by Gasteiger charge is 2.21. The summed E-state index contributed by atoms with van der Waals surface area (Å²) in [6.45, 7) is 8.08. The molecule has 0 amide bonds. The molecule has 5 heteroatoms. The summed E-state index contributed by atoms with van der Waals surface area (Å²) in [4.78, 5) is 0. The lowest BCUT2D eigenvalue weighted by molar-refractivity contribution is 0.434. The van der Waals surface area contributed by atoms with Crippen LogP contribution in [-0.4, -0.2) is 15.4 Å². The standard InChI is InChI=1S/C13H18N4O/c1-5-10-9(6-8(4)15-16-10)12-11(7(2)3)13(14)17-18-12/h6-7H,5H2,1-4H3,(H2,14,17). The summed E-state index contributed by atoms with van der Waals surface area (Å²) in [6.07, 6.45) is 0.792. The van der Waals surface area contributed by atoms with Crippen LogP contribution < -0.4 is 5.73 Å². The van der Waals surface area contributed by atoms with Crippen LogP contribution in [0.15, 0.2) is 10.6 Å². The normalized spacial score (nSPS) is 11.2. The third-order valence-electron chi connectivity index (χ3n) is 2.91. The molecule has 2 aromatic heterocycles. The second-order valence-corrected chi connectivity index (χ2v) is 4.66. The number of nitrogens with zero attached hydrogens (tertiary/aromatic N) is 3. The van der Waals surface area contributed by atoms with E-state index in [9.17, 15) is 0 Å². The maximum Gasteiger partial charge on any atom is 0.174 e. The molecule has 0 saturated heterocycles. The van der Waals surface area contributed by atoms with Gasteiger partial charge in [-0.15, -0.1) is 0 Å². The molecule has 0 aliphatic rings. The summed E-state index contributed by atoms with van der Waals surface area (Å²) in [5, 5.41) is 12.2. The van der Waals surface area contributed by atoms with Crippen molar-refractivity contribution in [3.8, 4) is 11.3 Å². The molecule has 0 bridgehead atoms. The largest absolute Gasteiger partial charge is 0.381 e. The Bertz CT molecular complexity index is 560. The van der Waals surface area contributed by atoms with Gasteiger partial charge in [0.05, 0.1) is 11.4 Å². The van der Waals surface area contributed by atoms with Gasteiger partial charge in [-0.1, -0.05) is 25.9 Å². The monoisotopic (exact) mass is 246 g/mol. The van der Waals surface area contributed by atoms with E-state index in [1.807, 2.05) is 19.9 Å². The summed E-state index contributed by atoms with van der Waals surface area (Å²) in [5.41, 5.74) is 9.51. The lowest BCUT2D eigenvalue weighted by Gasteiger charge is -2.08. The Hall–Kier alpha value is -1.91. The molecule has 18 heavy (non-hydrogen) atoms. The molecule has 2 rings (SSSR count). The molecule has 5 nitrogen and oxygen atoms in total. The van der Waals surface area contributed by atoms with Crippen molar-refractivity contribution < 1.29 is 4.52 Å². The van der Waals surface area contributed by atoms with Gasteiger partial charge in [0.15, 0.2) is 11.6 Å². The van der Waals surface area contributed by atoms with E-state index in [1.165, 1.54) is 0 Å². The molecule has 0 aromatic carbocycles. The van der Waals surface area contributed by atoms with Gasteiger partial charge in [-0.05, 0) is 25.3 Å². The summed E-state index contributed by atoms with van der Waals surface area (Å²) < 4.78 is 5.40. The van der Waals surface area contributed by atoms with E-state index in [1.54, 1.807) is 0 Å². The van der Waals surface area contributed by atoms with Crippen LogP contribution in [0, 0.1) is 6.92 Å². The second-order valence-electron chi connectivity index (χ2n) is 4.66. The third kappa shape index (κ3) is 2.08. The van der Waals surface area contributed by atoms with Crippen LogP contribution in [0.4, 0.5) is 5.82 Å². The topological polar surface area (TPSA) is 77.8 Å². The number of rotatable bonds is 3. The number of nitrogens with two attached hydrogens (primary N) is 1. The van der Waals surface area contributed by atoms with E-state index in [-0.39, 0.29) is 5.92 Å². The Morgan fingerprint density at radius 2 is 2.06 bits per heavy atom. The zero-order valence-electron chi connectivity index (χ0n) is 11.2. The first-order valence-corrected chi connectivity index (χ1v) is 6.13. The molecule has 0 spiro atoms. The van der Waals surface area contributed by atoms with E-state index in [0.717, 1.165) is 34.7 Å². The SMILES string of the molecule is CCc1nnc(C)cc1-c1onc(N)c1C(C)C. The molecule has 0 aliphatic carbocycles. The van der Waals surface area contributed by atoms with Crippen molar-refractivity contribution in [1.82, 2.24) is 15.4 Å². The fourth-order valence-corrected chi connectivity index (χ4v) is 2.03. The first-order valence-electron chi connectivity index (χ1n) is 6.13. The highest BCUT2D eigenvalue weighted by molar-refractivity contribution is 5.69. The van der Waals surface area contributed by atoms with Crippen molar-refractivity contribution in [2.75, 3.05) is 5.73 Å². The van der Waals surface area contributed by atoms with Gasteiger partial charge in [-0.25, -0.2) is 0 Å². The lowest BCUT2D eigenvalue weighted by Crippen LogP contribution is -2.00. The van der Waals surface area contributed by atoms with Crippen LogP contribution in [-0.2, 0) is 6.42 Å². The zero-order chi connectivity index (χ0) is 13.3. The van der Waals surface area contributed by atoms with E-state index in [0.29, 0.717) is 5.82 Å². The van der Waals surface area contributed by atoms with Gasteiger partial charge in [0.25, 0.3) is 0 Å². The van der Waals surface area contributed by atoms with Gasteiger partial charge in [-0.2, -0.15) is 10.2 Å². The highest BCUT2D eigenvalue weighted by Crippen LogP contribution is 2.34. The number of hydrogen-bond donors (Lipinski definition) is 1. The van der Waals surface area contributed by atoms with Gasteiger partial charge in [0.2, 0.25) is 0 Å². The molecule has 0 atom stereocenters. The van der Waals surface area contributed by atoms with E-state index in [2.05, 4.69) is 29.2 Å². The Morgan fingerprint density at radius 3 is 2.67 bits per heavy atom. The van der Waals surface area contributed by atoms with Crippen LogP contribution in [0.5, 0.6) is 0 Å². The molecule has 0 radical (unpaired) electrons. The number of aryl methyl sites for hydroxylation is 2. The minimum Gasteiger partial charge on any atom is -0.381 e. The van der Waals surface area contributed by atoms with Gasteiger partial charge in [0, 0.05) is 11.1 Å². The Labute approximate surface area is 106 Å². The van der Waals surface area contributed by atoms with E-state index in [4.69, 9.17) is 10.3 Å². The van der Waals surface area contributed by atoms with Crippen molar-refractivity contribution >= 4 is 5.82 Å². The van der Waals surface area contributed by atoms with Crippen molar-refractivity contribution in [2.24, 2.45) is 0 Å². The predicted molar refractivity (Wildman–Crippen MR) is 70.1 cm³/mol. The summed E-state index contributed by atoms with van der Waals surface area (Å²) in [5.74, 6) is 1.43. The van der Waals surface area contributed by atoms with Crippen molar-refractivity contribution in [3.05, 3.63) is 23.0 Å². The molecular formula is C13H18N4O. The summed E-state index contributed by atoms with van der Waals surface area (Å²) >= 11 is 0. The van der Waals surface area contributed by atoms with E-state index >= 15 is 0 Å². The molecule has 96 valence electrons. The van der Waals surface area contributed by atoms with E-state index < -0.39 is 0 Å². The average Bonchev–Trinajstić information content (AvgIpc) is 2.71. The number of aromatic nitrogens is 3. The quantitative estimate of drug-likeness (QED) is 0.900. The zero-order valence-corrected chi connectivity index (χ0v) is 11.2. The second kappa shape index (κ2) is 4.76. The Morgan fingerprint density at radius 1 is 1.33 bits per heavy atom. The maximum atomic E-state index is 5.87. The smallest absolute Gasteiger partial charge is 0.174 e. The van der Waals surface area contributed by atoms with Gasteiger partial charge in [-0.3, -0.25) is 0 Å². The average molecular weight is 246 g/mol. The summed E-state index contributed by atoms with van der Waals surface area (Å²) in [6, 6.07) is 1.97. The molecule has 0 fully saturated rings. The number of anilines is 1. The fourth-order valence-electron chi connectivity index (χ4n) is 2.03. The van der Waals surface area contributed by atoms with Crippen molar-refractivity contribution in [3.63, 3.8) is 0 Å². The van der Waals surface area contributed by atoms with Crippen LogP contribution in [0.2, 0.25) is 0 Å². The van der Waals surface area contributed by atoms with Crippen LogP contribution in [0.3, 0.4) is 0 Å². The minimum absolute atomic E-state index is 0.254. The predicted octanol–water partition coefficient (Wildman–Crippen LogP) is 2.71. The highest BCUT2D eigenvalue weighted by atomic mass is 16.5. The molecule has 0 aliphatic heterocycles. The molecule has 2 heterocycles. The van der Waals surface area contributed by atoms with Crippen LogP contribution >= 0.6 is 0 Å². The van der Waals surface area contributed by atoms with Crippen molar-refractivity contribution in [1.29, 1.82) is 0 Å². The van der Waals surface area contributed by atoms with Gasteiger partial charge >= 0.3 is 0 Å². The van der Waals surface area contributed by atoms with Crippen LogP contribution in [0.25, 0.3) is 11.3 Å². The van der Waals surface area contributed by atoms with Crippen molar-refractivity contribution in [2.45, 2.75) is 40.0 Å². The van der Waals surface area contributed by atoms with Gasteiger partial charge < -0.3 is 10.3 Å². The summed E-state index contributed by atoms with van der Waals surface area (Å²) in [7, 11) is 0. The fraction of sp³-hybridized carbons (Fsp3) is 0.462. The molecule has 2 aromatic rings. The lowest BCUT2D eigenvalue weighted by atomic mass is 9.98. The Balaban J connectivity index is 2.65. The molecule has 0 saturated carbocycles. The molecule has 2 N–H and O–H groups in total. The van der Waals surface area contributed by atoms with Gasteiger partial charge in [0.1, 0.15) is 0 Å². The maximum absolute atomic E-state index is 5.87. The first kappa shape index (κ1) is 12.5. The third-order valence-corrected chi connectivity index (χ3v) is 2.91. The number of nitrogen functional groups attached to an aromatic ring is 1. The minimum atomic E-state index is 0.254.